The summed E-state index contributed by atoms with van der Waals surface area (Å²) in [6, 6.07) is 0. The first-order chi connectivity index (χ1) is 9.02. The zero-order valence-electron chi connectivity index (χ0n) is 10.0. The molecule has 2 atom stereocenters. The van der Waals surface area contributed by atoms with Crippen LogP contribution in [0.3, 0.4) is 0 Å². The first-order valence-corrected chi connectivity index (χ1v) is 6.55. The summed E-state index contributed by atoms with van der Waals surface area (Å²) in [6.45, 7) is 1.92. The molecule has 0 aliphatic carbocycles. The van der Waals surface area contributed by atoms with Crippen molar-refractivity contribution in [2.24, 2.45) is 0 Å². The van der Waals surface area contributed by atoms with Crippen LogP contribution in [0.2, 0.25) is 0 Å². The van der Waals surface area contributed by atoms with E-state index in [4.69, 9.17) is 15.2 Å². The van der Waals surface area contributed by atoms with Gasteiger partial charge in [0.15, 0.2) is 11.6 Å². The van der Waals surface area contributed by atoms with Crippen LogP contribution in [-0.4, -0.2) is 33.3 Å². The summed E-state index contributed by atoms with van der Waals surface area (Å²) in [4.78, 5) is 26.4. The van der Waals surface area contributed by atoms with E-state index in [-0.39, 0.29) is 6.61 Å². The molecular formula is C10H12FN3O4S. The lowest BCUT2D eigenvalue weighted by Gasteiger charge is -2.14. The van der Waals surface area contributed by atoms with Gasteiger partial charge in [0.25, 0.3) is 0 Å². The molecule has 0 unspecified atom stereocenters. The van der Waals surface area contributed by atoms with Crippen molar-refractivity contribution < 1.29 is 18.7 Å². The van der Waals surface area contributed by atoms with E-state index in [0.717, 1.165) is 10.8 Å². The Labute approximate surface area is 111 Å². The van der Waals surface area contributed by atoms with Crippen molar-refractivity contribution in [2.75, 3.05) is 18.1 Å². The van der Waals surface area contributed by atoms with Crippen LogP contribution in [0.25, 0.3) is 0 Å². The number of anilines is 1. The van der Waals surface area contributed by atoms with Gasteiger partial charge in [0.05, 0.1) is 12.8 Å². The molecule has 0 radical (unpaired) electrons. The molecular weight excluding hydrogens is 277 g/mol. The number of hydrogen-bond donors (Lipinski definition) is 1. The lowest BCUT2D eigenvalue weighted by Crippen LogP contribution is -2.30. The van der Waals surface area contributed by atoms with E-state index in [1.165, 1.54) is 11.8 Å². The molecule has 7 nitrogen and oxygen atoms in total. The summed E-state index contributed by atoms with van der Waals surface area (Å²) in [5.74, 6) is -1.48. The number of ether oxygens (including phenoxy) is 2. The number of thioether (sulfide) groups is 1. The minimum Gasteiger partial charge on any atom is -0.463 e. The van der Waals surface area contributed by atoms with Crippen LogP contribution in [-0.2, 0) is 14.3 Å². The second-order valence-corrected chi connectivity index (χ2v) is 4.77. The fourth-order valence-corrected chi connectivity index (χ4v) is 2.52. The Morgan fingerprint density at radius 2 is 2.53 bits per heavy atom. The predicted octanol–water partition coefficient (Wildman–Crippen LogP) is 0.116. The van der Waals surface area contributed by atoms with Crippen LogP contribution in [0, 0.1) is 5.82 Å². The van der Waals surface area contributed by atoms with E-state index in [1.54, 1.807) is 6.92 Å². The second-order valence-electron chi connectivity index (χ2n) is 3.67. The quantitative estimate of drug-likeness (QED) is 0.789. The van der Waals surface area contributed by atoms with Crippen molar-refractivity contribution in [2.45, 2.75) is 18.6 Å². The highest BCUT2D eigenvalue weighted by atomic mass is 32.2. The summed E-state index contributed by atoms with van der Waals surface area (Å²) < 4.78 is 24.4. The zero-order chi connectivity index (χ0) is 14.0. The fourth-order valence-electron chi connectivity index (χ4n) is 1.53. The predicted molar refractivity (Wildman–Crippen MR) is 65.9 cm³/mol. The molecule has 1 aliphatic rings. The Balaban J connectivity index is 2.15. The standard InChI is InChI=1S/C10H12FN3O4S/c1-2-17-8(15)9-18-6(4-19-9)14-3-5(11)7(12)13-10(14)16/h3,6,9H,2,4H2,1H3,(H2,12,13,16)/t6-,9+/m1/s1. The van der Waals surface area contributed by atoms with Crippen molar-refractivity contribution in [1.82, 2.24) is 9.55 Å². The van der Waals surface area contributed by atoms with Crippen molar-refractivity contribution in [3.63, 3.8) is 0 Å². The van der Waals surface area contributed by atoms with Crippen LogP contribution in [0.1, 0.15) is 13.2 Å². The van der Waals surface area contributed by atoms with Gasteiger partial charge < -0.3 is 15.2 Å². The van der Waals surface area contributed by atoms with Crippen LogP contribution in [0.5, 0.6) is 0 Å². The molecule has 1 aliphatic heterocycles. The minimum atomic E-state index is -0.822. The van der Waals surface area contributed by atoms with Crippen molar-refractivity contribution in [3.8, 4) is 0 Å². The molecule has 0 spiro atoms. The number of hydrogen-bond acceptors (Lipinski definition) is 7. The Kier molecular flexibility index (Phi) is 4.05. The highest BCUT2D eigenvalue weighted by Gasteiger charge is 2.34. The van der Waals surface area contributed by atoms with Gasteiger partial charge in [0.1, 0.15) is 6.23 Å². The topological polar surface area (TPSA) is 96.4 Å². The molecule has 19 heavy (non-hydrogen) atoms. The number of halogens is 1. The van der Waals surface area contributed by atoms with Gasteiger partial charge in [0, 0.05) is 5.75 Å². The first-order valence-electron chi connectivity index (χ1n) is 5.50. The van der Waals surface area contributed by atoms with Gasteiger partial charge in [-0.05, 0) is 6.92 Å². The molecule has 2 heterocycles. The smallest absolute Gasteiger partial charge is 0.351 e. The SMILES string of the molecule is CCOC(=O)[C@H]1O[C@@H](n2cc(F)c(N)nc2=O)CS1. The number of carbonyl (C=O) groups is 1. The van der Waals surface area contributed by atoms with Crippen LogP contribution in [0.4, 0.5) is 10.2 Å². The van der Waals surface area contributed by atoms with Gasteiger partial charge in [-0.3, -0.25) is 4.57 Å². The lowest BCUT2D eigenvalue weighted by atomic mass is 10.5. The normalized spacial score (nSPS) is 22.4. The third kappa shape index (κ3) is 2.87. The summed E-state index contributed by atoms with van der Waals surface area (Å²) in [6.07, 6.45) is 0.151. The van der Waals surface area contributed by atoms with Crippen LogP contribution in [0.15, 0.2) is 11.0 Å². The monoisotopic (exact) mass is 289 g/mol. The molecule has 1 fully saturated rings. The van der Waals surface area contributed by atoms with E-state index >= 15 is 0 Å². The Hall–Kier alpha value is -1.61. The van der Waals surface area contributed by atoms with Gasteiger partial charge in [-0.2, -0.15) is 4.98 Å². The number of esters is 1. The van der Waals surface area contributed by atoms with E-state index in [9.17, 15) is 14.0 Å². The van der Waals surface area contributed by atoms with Crippen LogP contribution < -0.4 is 11.4 Å². The Morgan fingerprint density at radius 3 is 3.21 bits per heavy atom. The number of nitrogens with zero attached hydrogens (tertiary/aromatic N) is 2. The molecule has 104 valence electrons. The molecule has 1 aromatic rings. The van der Waals surface area contributed by atoms with Gasteiger partial charge in [-0.25, -0.2) is 14.0 Å². The van der Waals surface area contributed by atoms with E-state index in [2.05, 4.69) is 4.98 Å². The van der Waals surface area contributed by atoms with Gasteiger partial charge in [-0.15, -0.1) is 11.8 Å². The highest BCUT2D eigenvalue weighted by molar-refractivity contribution is 8.00. The number of aromatic nitrogens is 2. The highest BCUT2D eigenvalue weighted by Crippen LogP contribution is 2.31. The van der Waals surface area contributed by atoms with E-state index in [1.807, 2.05) is 0 Å². The largest absolute Gasteiger partial charge is 0.463 e. The molecule has 0 saturated carbocycles. The zero-order valence-corrected chi connectivity index (χ0v) is 10.9. The summed E-state index contributed by atoms with van der Waals surface area (Å²) in [5.41, 5.74) is 3.63. The second kappa shape index (κ2) is 5.57. The van der Waals surface area contributed by atoms with Crippen LogP contribution >= 0.6 is 11.8 Å². The average Bonchev–Trinajstić information content (AvgIpc) is 2.83. The van der Waals surface area contributed by atoms with Gasteiger partial charge >= 0.3 is 11.7 Å². The van der Waals surface area contributed by atoms with Crippen molar-refractivity contribution in [1.29, 1.82) is 0 Å². The molecule has 0 amide bonds. The third-order valence-corrected chi connectivity index (χ3v) is 3.48. The number of rotatable bonds is 3. The molecule has 0 aromatic carbocycles. The van der Waals surface area contributed by atoms with Gasteiger partial charge in [-0.1, -0.05) is 0 Å². The molecule has 2 rings (SSSR count). The molecule has 0 bridgehead atoms. The third-order valence-electron chi connectivity index (χ3n) is 2.39. The Bertz CT molecular complexity index is 550. The minimum absolute atomic E-state index is 0.238. The molecule has 1 aromatic heterocycles. The number of nitrogens with two attached hydrogens (primary N) is 1. The number of nitrogen functional groups attached to an aromatic ring is 1. The molecule has 9 heteroatoms. The lowest BCUT2D eigenvalue weighted by molar-refractivity contribution is -0.153. The van der Waals surface area contributed by atoms with E-state index in [0.29, 0.717) is 5.75 Å². The average molecular weight is 289 g/mol. The molecule has 1 saturated heterocycles. The number of carbonyl (C=O) groups excluding carboxylic acids is 1. The maximum atomic E-state index is 13.3. The first kappa shape index (κ1) is 13.8. The maximum Gasteiger partial charge on any atom is 0.351 e. The van der Waals surface area contributed by atoms with Crippen molar-refractivity contribution in [3.05, 3.63) is 22.5 Å². The maximum absolute atomic E-state index is 13.3. The fraction of sp³-hybridized carbons (Fsp3) is 0.500. The van der Waals surface area contributed by atoms with E-state index < -0.39 is 35.0 Å². The Morgan fingerprint density at radius 1 is 1.79 bits per heavy atom. The van der Waals surface area contributed by atoms with Gasteiger partial charge in [0.2, 0.25) is 5.44 Å². The van der Waals surface area contributed by atoms with Crippen molar-refractivity contribution >= 4 is 23.5 Å². The molecule has 2 N–H and O–H groups in total. The summed E-state index contributed by atoms with van der Waals surface area (Å²) in [7, 11) is 0. The summed E-state index contributed by atoms with van der Waals surface area (Å²) >= 11 is 1.17. The summed E-state index contributed by atoms with van der Waals surface area (Å²) in [5, 5.41) is 0.